The summed E-state index contributed by atoms with van der Waals surface area (Å²) < 4.78 is 5.29. The number of halogens is 1. The first kappa shape index (κ1) is 11.6. The molecule has 18 heavy (non-hydrogen) atoms. The van der Waals surface area contributed by atoms with Gasteiger partial charge in [-0.05, 0) is 32.0 Å². The second-order valence-electron chi connectivity index (χ2n) is 4.34. The summed E-state index contributed by atoms with van der Waals surface area (Å²) in [5.41, 5.74) is 0.736. The van der Waals surface area contributed by atoms with Gasteiger partial charge in [-0.3, -0.25) is 4.98 Å². The molecule has 2 aromatic heterocycles. The summed E-state index contributed by atoms with van der Waals surface area (Å²) in [6.45, 7) is 2.01. The number of pyridine rings is 1. The topological polar surface area (TPSA) is 63.8 Å². The van der Waals surface area contributed by atoms with E-state index in [1.165, 1.54) is 0 Å². The number of nitrogens with one attached hydrogen (secondary N) is 1. The highest BCUT2D eigenvalue weighted by Gasteiger charge is 2.21. The van der Waals surface area contributed by atoms with Gasteiger partial charge in [0.25, 0.3) is 5.89 Å². The molecule has 1 aliphatic heterocycles. The Balaban J connectivity index is 1.87. The van der Waals surface area contributed by atoms with Crippen LogP contribution in [0.5, 0.6) is 0 Å². The molecule has 0 saturated carbocycles. The van der Waals surface area contributed by atoms with Crippen LogP contribution in [0.1, 0.15) is 24.6 Å². The van der Waals surface area contributed by atoms with Crippen LogP contribution in [0.3, 0.4) is 0 Å². The quantitative estimate of drug-likeness (QED) is 0.901. The minimum atomic E-state index is 0.379. The number of piperidine rings is 1. The Hall–Kier alpha value is -1.46. The van der Waals surface area contributed by atoms with Gasteiger partial charge in [-0.15, -0.1) is 0 Å². The van der Waals surface area contributed by atoms with E-state index in [9.17, 15) is 0 Å². The zero-order chi connectivity index (χ0) is 12.4. The van der Waals surface area contributed by atoms with E-state index in [0.29, 0.717) is 16.8 Å². The molecule has 0 unspecified atom stereocenters. The second-order valence-corrected chi connectivity index (χ2v) is 4.74. The van der Waals surface area contributed by atoms with Crippen LogP contribution in [-0.4, -0.2) is 28.2 Å². The highest BCUT2D eigenvalue weighted by atomic mass is 35.5. The third kappa shape index (κ3) is 2.23. The van der Waals surface area contributed by atoms with Crippen LogP contribution < -0.4 is 5.32 Å². The fraction of sp³-hybridized carbons (Fsp3) is 0.417. The van der Waals surface area contributed by atoms with Gasteiger partial charge in [-0.25, -0.2) is 0 Å². The molecule has 3 heterocycles. The SMILES string of the molecule is Clc1cnccc1-c1nc(C2CCNCC2)no1. The average molecular weight is 265 g/mol. The number of nitrogens with zero attached hydrogens (tertiary/aromatic N) is 3. The fourth-order valence-electron chi connectivity index (χ4n) is 2.14. The highest BCUT2D eigenvalue weighted by Crippen LogP contribution is 2.28. The average Bonchev–Trinajstić information content (AvgIpc) is 2.90. The minimum Gasteiger partial charge on any atom is -0.334 e. The summed E-state index contributed by atoms with van der Waals surface area (Å²) in [6, 6.07) is 1.78. The molecule has 1 N–H and O–H groups in total. The van der Waals surface area contributed by atoms with Gasteiger partial charge in [0.1, 0.15) is 0 Å². The van der Waals surface area contributed by atoms with Crippen LogP contribution in [0.15, 0.2) is 23.0 Å². The van der Waals surface area contributed by atoms with Crippen LogP contribution in [0, 0.1) is 0 Å². The van der Waals surface area contributed by atoms with Crippen LogP contribution in [0.25, 0.3) is 11.5 Å². The smallest absolute Gasteiger partial charge is 0.259 e. The molecular weight excluding hydrogens is 252 g/mol. The normalized spacial score (nSPS) is 16.9. The van der Waals surface area contributed by atoms with Gasteiger partial charge >= 0.3 is 0 Å². The molecule has 0 aromatic carbocycles. The van der Waals surface area contributed by atoms with E-state index in [-0.39, 0.29) is 0 Å². The molecular formula is C12H13ClN4O. The van der Waals surface area contributed by atoms with E-state index >= 15 is 0 Å². The molecule has 0 spiro atoms. The molecule has 0 atom stereocenters. The van der Waals surface area contributed by atoms with Crippen LogP contribution >= 0.6 is 11.6 Å². The maximum atomic E-state index is 6.05. The van der Waals surface area contributed by atoms with Crippen molar-refractivity contribution in [2.45, 2.75) is 18.8 Å². The van der Waals surface area contributed by atoms with Crippen LogP contribution in [-0.2, 0) is 0 Å². The van der Waals surface area contributed by atoms with E-state index < -0.39 is 0 Å². The molecule has 1 saturated heterocycles. The van der Waals surface area contributed by atoms with E-state index in [1.54, 1.807) is 18.5 Å². The highest BCUT2D eigenvalue weighted by molar-refractivity contribution is 6.32. The van der Waals surface area contributed by atoms with Crippen molar-refractivity contribution in [1.82, 2.24) is 20.4 Å². The molecule has 0 radical (unpaired) electrons. The number of hydrogen-bond acceptors (Lipinski definition) is 5. The molecule has 2 aromatic rings. The Morgan fingerprint density at radius 1 is 1.33 bits per heavy atom. The van der Waals surface area contributed by atoms with Crippen molar-refractivity contribution in [2.24, 2.45) is 0 Å². The molecule has 1 fully saturated rings. The van der Waals surface area contributed by atoms with E-state index in [1.807, 2.05) is 0 Å². The predicted molar refractivity (Wildman–Crippen MR) is 67.4 cm³/mol. The number of hydrogen-bond donors (Lipinski definition) is 1. The molecule has 3 rings (SSSR count). The Labute approximate surface area is 110 Å². The zero-order valence-corrected chi connectivity index (χ0v) is 10.5. The third-order valence-corrected chi connectivity index (χ3v) is 3.45. The van der Waals surface area contributed by atoms with E-state index in [0.717, 1.165) is 37.3 Å². The molecule has 0 aliphatic carbocycles. The zero-order valence-electron chi connectivity index (χ0n) is 9.77. The van der Waals surface area contributed by atoms with Crippen LogP contribution in [0.4, 0.5) is 0 Å². The Kier molecular flexibility index (Phi) is 3.25. The first-order chi connectivity index (χ1) is 8.84. The molecule has 94 valence electrons. The molecule has 0 amide bonds. The lowest BCUT2D eigenvalue weighted by atomic mass is 9.98. The predicted octanol–water partition coefficient (Wildman–Crippen LogP) is 2.25. The maximum absolute atomic E-state index is 6.05. The van der Waals surface area contributed by atoms with Gasteiger partial charge in [0.2, 0.25) is 0 Å². The fourth-order valence-corrected chi connectivity index (χ4v) is 2.34. The lowest BCUT2D eigenvalue weighted by Crippen LogP contribution is -2.27. The maximum Gasteiger partial charge on any atom is 0.259 e. The first-order valence-corrected chi connectivity index (χ1v) is 6.36. The van der Waals surface area contributed by atoms with Gasteiger partial charge in [-0.1, -0.05) is 16.8 Å². The van der Waals surface area contributed by atoms with Crippen molar-refractivity contribution in [2.75, 3.05) is 13.1 Å². The number of aromatic nitrogens is 3. The Morgan fingerprint density at radius 2 is 2.17 bits per heavy atom. The van der Waals surface area contributed by atoms with Gasteiger partial charge in [0.15, 0.2) is 5.82 Å². The Morgan fingerprint density at radius 3 is 2.94 bits per heavy atom. The number of rotatable bonds is 2. The summed E-state index contributed by atoms with van der Waals surface area (Å²) in [5.74, 6) is 1.62. The lowest BCUT2D eigenvalue weighted by Gasteiger charge is -2.18. The van der Waals surface area contributed by atoms with Crippen molar-refractivity contribution < 1.29 is 4.52 Å². The van der Waals surface area contributed by atoms with Gasteiger partial charge in [-0.2, -0.15) is 4.98 Å². The van der Waals surface area contributed by atoms with Crippen molar-refractivity contribution >= 4 is 11.6 Å². The summed E-state index contributed by atoms with van der Waals surface area (Å²) in [7, 11) is 0. The van der Waals surface area contributed by atoms with Crippen molar-refractivity contribution in [3.63, 3.8) is 0 Å². The monoisotopic (exact) mass is 264 g/mol. The first-order valence-electron chi connectivity index (χ1n) is 5.99. The minimum absolute atomic E-state index is 0.379. The van der Waals surface area contributed by atoms with E-state index in [2.05, 4.69) is 20.4 Å². The standard InChI is InChI=1S/C12H13ClN4O/c13-10-7-15-6-3-9(10)12-16-11(17-18-12)8-1-4-14-5-2-8/h3,6-8,14H,1-2,4-5H2. The van der Waals surface area contributed by atoms with Gasteiger partial charge in [0.05, 0.1) is 10.6 Å². The summed E-state index contributed by atoms with van der Waals surface area (Å²) in [6.07, 6.45) is 5.33. The molecule has 1 aliphatic rings. The van der Waals surface area contributed by atoms with Crippen molar-refractivity contribution in [1.29, 1.82) is 0 Å². The summed E-state index contributed by atoms with van der Waals surface area (Å²) in [5, 5.41) is 7.91. The van der Waals surface area contributed by atoms with Gasteiger partial charge < -0.3 is 9.84 Å². The van der Waals surface area contributed by atoms with Gasteiger partial charge in [0, 0.05) is 18.3 Å². The molecule has 6 heteroatoms. The lowest BCUT2D eigenvalue weighted by molar-refractivity contribution is 0.392. The van der Waals surface area contributed by atoms with Crippen molar-refractivity contribution in [3.05, 3.63) is 29.3 Å². The molecule has 0 bridgehead atoms. The van der Waals surface area contributed by atoms with Crippen molar-refractivity contribution in [3.8, 4) is 11.5 Å². The third-order valence-electron chi connectivity index (χ3n) is 3.15. The van der Waals surface area contributed by atoms with E-state index in [4.69, 9.17) is 16.1 Å². The summed E-state index contributed by atoms with van der Waals surface area (Å²) >= 11 is 6.05. The Bertz CT molecular complexity index is 536. The van der Waals surface area contributed by atoms with Crippen LogP contribution in [0.2, 0.25) is 5.02 Å². The second kappa shape index (κ2) is 5.04. The molecule has 5 nitrogen and oxygen atoms in total. The summed E-state index contributed by atoms with van der Waals surface area (Å²) in [4.78, 5) is 8.38. The largest absolute Gasteiger partial charge is 0.334 e.